The van der Waals surface area contributed by atoms with Gasteiger partial charge in [-0.3, -0.25) is 4.79 Å². The Hall–Kier alpha value is -1.05. The Kier molecular flexibility index (Phi) is 2.94. The van der Waals surface area contributed by atoms with E-state index in [1.807, 2.05) is 13.8 Å². The summed E-state index contributed by atoms with van der Waals surface area (Å²) in [4.78, 5) is 11.9. The van der Waals surface area contributed by atoms with E-state index in [2.05, 4.69) is 0 Å². The smallest absolute Gasteiger partial charge is 0.200 e. The van der Waals surface area contributed by atoms with Crippen LogP contribution in [0, 0.1) is 5.92 Å². The third-order valence-corrected chi connectivity index (χ3v) is 3.10. The zero-order valence-corrected chi connectivity index (χ0v) is 9.51. The van der Waals surface area contributed by atoms with Crippen LogP contribution in [0.4, 0.5) is 0 Å². The van der Waals surface area contributed by atoms with E-state index in [-0.39, 0.29) is 11.7 Å². The number of furan rings is 1. The van der Waals surface area contributed by atoms with Crippen molar-refractivity contribution in [2.75, 3.05) is 0 Å². The van der Waals surface area contributed by atoms with E-state index in [4.69, 9.17) is 4.42 Å². The van der Waals surface area contributed by atoms with Crippen molar-refractivity contribution in [3.8, 4) is 0 Å². The van der Waals surface area contributed by atoms with Crippen molar-refractivity contribution < 1.29 is 9.21 Å². The number of carbonyl (C=O) groups excluding carboxylic acids is 1. The van der Waals surface area contributed by atoms with Gasteiger partial charge in [0.25, 0.3) is 0 Å². The molecule has 0 radical (unpaired) electrons. The van der Waals surface area contributed by atoms with E-state index >= 15 is 0 Å². The molecule has 2 rings (SSSR count). The van der Waals surface area contributed by atoms with Crippen molar-refractivity contribution in [2.45, 2.75) is 46.0 Å². The number of hydrogen-bond donors (Lipinski definition) is 0. The molecule has 0 atom stereocenters. The number of carbonyl (C=O) groups is 1. The molecule has 15 heavy (non-hydrogen) atoms. The van der Waals surface area contributed by atoms with Crippen molar-refractivity contribution in [1.82, 2.24) is 0 Å². The molecule has 0 aliphatic heterocycles. The predicted molar refractivity (Wildman–Crippen MR) is 59.1 cm³/mol. The summed E-state index contributed by atoms with van der Waals surface area (Å²) < 4.78 is 5.45. The molecule has 2 heteroatoms. The van der Waals surface area contributed by atoms with Gasteiger partial charge in [0.2, 0.25) is 5.78 Å². The van der Waals surface area contributed by atoms with Crippen molar-refractivity contribution >= 4 is 5.78 Å². The normalized spacial score (nSPS) is 16.2. The zero-order valence-electron chi connectivity index (χ0n) is 9.51. The van der Waals surface area contributed by atoms with Gasteiger partial charge in [0.15, 0.2) is 5.76 Å². The summed E-state index contributed by atoms with van der Waals surface area (Å²) in [5.74, 6) is 0.809. The summed E-state index contributed by atoms with van der Waals surface area (Å²) in [5, 5.41) is 0. The molecule has 0 aromatic carbocycles. The molecule has 2 nitrogen and oxygen atoms in total. The minimum absolute atomic E-state index is 0.0310. The molecule has 0 spiro atoms. The summed E-state index contributed by atoms with van der Waals surface area (Å²) in [7, 11) is 0. The zero-order chi connectivity index (χ0) is 10.8. The fourth-order valence-electron chi connectivity index (χ4n) is 2.17. The summed E-state index contributed by atoms with van der Waals surface area (Å²) in [6.45, 7) is 3.85. The van der Waals surface area contributed by atoms with Gasteiger partial charge in [-0.1, -0.05) is 20.3 Å². The van der Waals surface area contributed by atoms with E-state index in [9.17, 15) is 4.79 Å². The number of ketones is 1. The van der Waals surface area contributed by atoms with Gasteiger partial charge in [0, 0.05) is 11.5 Å². The van der Waals surface area contributed by atoms with E-state index < -0.39 is 0 Å². The van der Waals surface area contributed by atoms with E-state index in [0.29, 0.717) is 5.76 Å². The van der Waals surface area contributed by atoms with Crippen LogP contribution in [0.25, 0.3) is 0 Å². The van der Waals surface area contributed by atoms with Crippen LogP contribution in [0.5, 0.6) is 0 Å². The maximum atomic E-state index is 11.9. The maximum Gasteiger partial charge on any atom is 0.200 e. The van der Waals surface area contributed by atoms with Crippen LogP contribution < -0.4 is 0 Å². The molecule has 82 valence electrons. The highest BCUT2D eigenvalue weighted by Crippen LogP contribution is 2.27. The lowest BCUT2D eigenvalue weighted by atomic mass is 9.99. The second-order valence-corrected chi connectivity index (χ2v) is 4.65. The first-order valence-corrected chi connectivity index (χ1v) is 5.83. The highest BCUT2D eigenvalue weighted by atomic mass is 16.3. The van der Waals surface area contributed by atoms with Crippen molar-refractivity contribution in [1.29, 1.82) is 0 Å². The summed E-state index contributed by atoms with van der Waals surface area (Å²) in [6, 6.07) is 0. The molecule has 1 aliphatic carbocycles. The minimum atomic E-state index is 0.0310. The molecule has 1 aromatic rings. The molecular weight excluding hydrogens is 188 g/mol. The largest absolute Gasteiger partial charge is 0.461 e. The first-order valence-electron chi connectivity index (χ1n) is 5.83. The standard InChI is InChI=1S/C13H18O2/c1-9(2)12(14)13-11-7-5-3-4-6-10(11)8-15-13/h8-9H,3-7H2,1-2H3. The number of rotatable bonds is 2. The van der Waals surface area contributed by atoms with Crippen molar-refractivity contribution in [3.63, 3.8) is 0 Å². The molecule has 0 fully saturated rings. The fraction of sp³-hybridized carbons (Fsp3) is 0.615. The lowest BCUT2D eigenvalue weighted by molar-refractivity contribution is 0.0910. The van der Waals surface area contributed by atoms with Crippen LogP contribution in [0.1, 0.15) is 54.8 Å². The van der Waals surface area contributed by atoms with Crippen LogP contribution >= 0.6 is 0 Å². The summed E-state index contributed by atoms with van der Waals surface area (Å²) in [5.41, 5.74) is 2.45. The Bertz CT molecular complexity index is 361. The highest BCUT2D eigenvalue weighted by molar-refractivity contribution is 5.96. The van der Waals surface area contributed by atoms with Gasteiger partial charge in [-0.25, -0.2) is 0 Å². The Morgan fingerprint density at radius 3 is 2.73 bits per heavy atom. The fourth-order valence-corrected chi connectivity index (χ4v) is 2.17. The molecular formula is C13H18O2. The van der Waals surface area contributed by atoms with Gasteiger partial charge < -0.3 is 4.42 Å². The average Bonchev–Trinajstić information content (AvgIpc) is 2.46. The highest BCUT2D eigenvalue weighted by Gasteiger charge is 2.22. The molecule has 0 amide bonds. The van der Waals surface area contributed by atoms with Gasteiger partial charge >= 0.3 is 0 Å². The Morgan fingerprint density at radius 1 is 1.27 bits per heavy atom. The quantitative estimate of drug-likeness (QED) is 0.548. The lowest BCUT2D eigenvalue weighted by Crippen LogP contribution is -2.09. The van der Waals surface area contributed by atoms with Gasteiger partial charge in [0.05, 0.1) is 6.26 Å². The topological polar surface area (TPSA) is 30.2 Å². The first-order chi connectivity index (χ1) is 7.20. The monoisotopic (exact) mass is 206 g/mol. The molecule has 0 saturated carbocycles. The van der Waals surface area contributed by atoms with Gasteiger partial charge in [0.1, 0.15) is 0 Å². The Balaban J connectivity index is 2.33. The van der Waals surface area contributed by atoms with Crippen LogP contribution in [0.15, 0.2) is 10.7 Å². The lowest BCUT2D eigenvalue weighted by Gasteiger charge is -2.03. The molecule has 1 aromatic heterocycles. The summed E-state index contributed by atoms with van der Waals surface area (Å²) in [6.07, 6.45) is 7.55. The summed E-state index contributed by atoms with van der Waals surface area (Å²) >= 11 is 0. The molecule has 1 aliphatic rings. The molecule has 1 heterocycles. The molecule has 0 saturated heterocycles. The van der Waals surface area contributed by atoms with Gasteiger partial charge in [-0.2, -0.15) is 0 Å². The molecule has 0 N–H and O–H groups in total. The predicted octanol–water partition coefficient (Wildman–Crippen LogP) is 3.39. The van der Waals surface area contributed by atoms with Gasteiger partial charge in [-0.15, -0.1) is 0 Å². The number of aryl methyl sites for hydroxylation is 1. The van der Waals surface area contributed by atoms with Crippen LogP contribution in [0.3, 0.4) is 0 Å². The number of hydrogen-bond acceptors (Lipinski definition) is 2. The van der Waals surface area contributed by atoms with Crippen LogP contribution in [-0.4, -0.2) is 5.78 Å². The number of fused-ring (bicyclic) bond motifs is 1. The first kappa shape index (κ1) is 10.5. The maximum absolute atomic E-state index is 11.9. The average molecular weight is 206 g/mol. The Labute approximate surface area is 90.7 Å². The van der Waals surface area contributed by atoms with Crippen LogP contribution in [-0.2, 0) is 12.8 Å². The second-order valence-electron chi connectivity index (χ2n) is 4.65. The molecule has 0 unspecified atom stereocenters. The van der Waals surface area contributed by atoms with E-state index in [0.717, 1.165) is 12.8 Å². The van der Waals surface area contributed by atoms with E-state index in [1.165, 1.54) is 30.4 Å². The van der Waals surface area contributed by atoms with Crippen LogP contribution in [0.2, 0.25) is 0 Å². The SMILES string of the molecule is CC(C)C(=O)c1occ2c1CCCCC2. The Morgan fingerprint density at radius 2 is 2.00 bits per heavy atom. The second kappa shape index (κ2) is 4.21. The third kappa shape index (κ3) is 1.99. The van der Waals surface area contributed by atoms with Crippen molar-refractivity contribution in [2.24, 2.45) is 5.92 Å². The van der Waals surface area contributed by atoms with Gasteiger partial charge in [-0.05, 0) is 31.2 Å². The third-order valence-electron chi connectivity index (χ3n) is 3.10. The minimum Gasteiger partial charge on any atom is -0.461 e. The number of Topliss-reactive ketones (excluding diaryl/α,β-unsaturated/α-hetero) is 1. The molecule has 0 bridgehead atoms. The van der Waals surface area contributed by atoms with Crippen molar-refractivity contribution in [3.05, 3.63) is 23.2 Å². The van der Waals surface area contributed by atoms with E-state index in [1.54, 1.807) is 6.26 Å².